The molecule has 1 amide bonds. The summed E-state index contributed by atoms with van der Waals surface area (Å²) in [7, 11) is 1.63. The Balaban J connectivity index is 1.65. The highest BCUT2D eigenvalue weighted by Crippen LogP contribution is 2.33. The Hall–Kier alpha value is -3.72. The van der Waals surface area contributed by atoms with Gasteiger partial charge >= 0.3 is 0 Å². The number of fused-ring (bicyclic) bond motifs is 1. The fourth-order valence-corrected chi connectivity index (χ4v) is 3.73. The van der Waals surface area contributed by atoms with Gasteiger partial charge in [0.2, 0.25) is 5.95 Å². The molecule has 0 radical (unpaired) electrons. The van der Waals surface area contributed by atoms with Crippen molar-refractivity contribution in [2.24, 2.45) is 5.73 Å². The smallest absolute Gasteiger partial charge is 0.273 e. The number of benzene rings is 2. The Labute approximate surface area is 187 Å². The Morgan fingerprint density at radius 2 is 1.91 bits per heavy atom. The van der Waals surface area contributed by atoms with Gasteiger partial charge in [-0.2, -0.15) is 4.98 Å². The van der Waals surface area contributed by atoms with Crippen molar-refractivity contribution in [2.75, 3.05) is 24.3 Å². The quantitative estimate of drug-likeness (QED) is 0.520. The van der Waals surface area contributed by atoms with E-state index in [1.807, 2.05) is 30.3 Å². The third-order valence-corrected chi connectivity index (χ3v) is 5.50. The second kappa shape index (κ2) is 9.19. The van der Waals surface area contributed by atoms with E-state index in [-0.39, 0.29) is 17.5 Å². The number of hydrogen-bond donors (Lipinski definition) is 3. The average Bonchev–Trinajstić information content (AvgIpc) is 2.78. The van der Waals surface area contributed by atoms with Crippen LogP contribution in [0.2, 0.25) is 0 Å². The van der Waals surface area contributed by atoms with Gasteiger partial charge in [-0.25, -0.2) is 0 Å². The van der Waals surface area contributed by atoms with Crippen LogP contribution in [0.15, 0.2) is 42.5 Å². The molecule has 0 saturated heterocycles. The highest BCUT2D eigenvalue weighted by molar-refractivity contribution is 5.96. The predicted octanol–water partition coefficient (Wildman–Crippen LogP) is 3.23. The number of nitrogens with one attached hydrogen (secondary N) is 2. The number of anilines is 4. The van der Waals surface area contributed by atoms with Crippen molar-refractivity contribution in [1.82, 2.24) is 20.1 Å². The van der Waals surface area contributed by atoms with Crippen molar-refractivity contribution in [3.8, 4) is 5.75 Å². The van der Waals surface area contributed by atoms with Gasteiger partial charge in [-0.15, -0.1) is 10.2 Å². The van der Waals surface area contributed by atoms with Gasteiger partial charge < -0.3 is 21.1 Å². The molecule has 0 saturated carbocycles. The van der Waals surface area contributed by atoms with E-state index in [0.29, 0.717) is 11.8 Å². The minimum atomic E-state index is -0.713. The van der Waals surface area contributed by atoms with Gasteiger partial charge in [0.05, 0.1) is 12.8 Å². The van der Waals surface area contributed by atoms with Crippen molar-refractivity contribution in [1.29, 1.82) is 0 Å². The van der Waals surface area contributed by atoms with E-state index < -0.39 is 5.91 Å². The summed E-state index contributed by atoms with van der Waals surface area (Å²) in [5.74, 6) is 0.435. The molecule has 4 N–H and O–H groups in total. The number of nitrogens with two attached hydrogens (primary N) is 1. The maximum Gasteiger partial charge on any atom is 0.273 e. The average molecular weight is 434 g/mol. The van der Waals surface area contributed by atoms with Crippen LogP contribution in [0.1, 0.15) is 35.5 Å². The molecule has 9 heteroatoms. The lowest BCUT2D eigenvalue weighted by molar-refractivity contribution is 0.0995. The highest BCUT2D eigenvalue weighted by Gasteiger charge is 2.21. The normalized spacial score (nSPS) is 13.5. The maximum absolute atomic E-state index is 11.8. The van der Waals surface area contributed by atoms with Crippen molar-refractivity contribution >= 4 is 29.0 Å². The van der Waals surface area contributed by atoms with Gasteiger partial charge in [0.25, 0.3) is 5.91 Å². The van der Waals surface area contributed by atoms with Crippen molar-refractivity contribution in [3.63, 3.8) is 0 Å². The first kappa shape index (κ1) is 21.5. The monoisotopic (exact) mass is 433 g/mol. The summed E-state index contributed by atoms with van der Waals surface area (Å²) < 4.78 is 5.60. The number of aromatic nitrogens is 3. The fourth-order valence-electron chi connectivity index (χ4n) is 3.73. The van der Waals surface area contributed by atoms with Crippen LogP contribution >= 0.6 is 0 Å². The second-order valence-corrected chi connectivity index (χ2v) is 7.95. The van der Waals surface area contributed by atoms with E-state index in [2.05, 4.69) is 56.7 Å². The summed E-state index contributed by atoms with van der Waals surface area (Å²) >= 11 is 0. The van der Waals surface area contributed by atoms with Gasteiger partial charge in [0.15, 0.2) is 11.5 Å². The maximum atomic E-state index is 11.8. The van der Waals surface area contributed by atoms with Crippen molar-refractivity contribution < 1.29 is 9.53 Å². The third kappa shape index (κ3) is 4.62. The first-order valence-corrected chi connectivity index (χ1v) is 10.5. The summed E-state index contributed by atoms with van der Waals surface area (Å²) in [5.41, 5.74) is 9.42. The first-order chi connectivity index (χ1) is 15.4. The predicted molar refractivity (Wildman–Crippen MR) is 124 cm³/mol. The summed E-state index contributed by atoms with van der Waals surface area (Å²) in [5, 5.41) is 14.3. The molecule has 3 aromatic rings. The second-order valence-electron chi connectivity index (χ2n) is 7.95. The molecule has 166 valence electrons. The molecule has 0 atom stereocenters. The van der Waals surface area contributed by atoms with Crippen LogP contribution in [0.5, 0.6) is 5.75 Å². The van der Waals surface area contributed by atoms with Gasteiger partial charge in [0.1, 0.15) is 5.75 Å². The lowest BCUT2D eigenvalue weighted by Gasteiger charge is -2.32. The van der Waals surface area contributed by atoms with E-state index >= 15 is 0 Å². The molecule has 2 aromatic carbocycles. The molecule has 9 nitrogen and oxygen atoms in total. The Morgan fingerprint density at radius 3 is 2.59 bits per heavy atom. The molecular formula is C23H27N7O2. The number of carbonyl (C=O) groups excluding carboxylic acids is 1. The zero-order chi connectivity index (χ0) is 22.7. The number of para-hydroxylation sites is 1. The molecular weight excluding hydrogens is 406 g/mol. The van der Waals surface area contributed by atoms with Crippen LogP contribution in [0.4, 0.5) is 23.1 Å². The molecule has 1 aliphatic rings. The summed E-state index contributed by atoms with van der Waals surface area (Å²) in [6.07, 6.45) is 0.973. The van der Waals surface area contributed by atoms with Crippen LogP contribution in [0, 0.1) is 0 Å². The summed E-state index contributed by atoms with van der Waals surface area (Å²) in [4.78, 5) is 18.7. The Bertz CT molecular complexity index is 1120. The van der Waals surface area contributed by atoms with E-state index in [1.165, 1.54) is 11.1 Å². The van der Waals surface area contributed by atoms with E-state index in [4.69, 9.17) is 10.5 Å². The largest absolute Gasteiger partial charge is 0.495 e. The van der Waals surface area contributed by atoms with E-state index in [1.54, 1.807) is 7.11 Å². The lowest BCUT2D eigenvalue weighted by atomic mass is 9.97. The van der Waals surface area contributed by atoms with Gasteiger partial charge in [0, 0.05) is 24.8 Å². The number of primary amides is 1. The first-order valence-electron chi connectivity index (χ1n) is 10.5. The fraction of sp³-hybridized carbons (Fsp3) is 0.304. The lowest BCUT2D eigenvalue weighted by Crippen LogP contribution is -2.35. The zero-order valence-corrected chi connectivity index (χ0v) is 18.4. The molecule has 0 spiro atoms. The van der Waals surface area contributed by atoms with Crippen molar-refractivity contribution in [3.05, 3.63) is 59.3 Å². The molecule has 0 aliphatic carbocycles. The minimum Gasteiger partial charge on any atom is -0.495 e. The number of methoxy groups -OCH3 is 1. The van der Waals surface area contributed by atoms with Crippen LogP contribution < -0.4 is 21.1 Å². The van der Waals surface area contributed by atoms with Crippen molar-refractivity contribution in [2.45, 2.75) is 32.9 Å². The van der Waals surface area contributed by atoms with Gasteiger partial charge in [-0.05, 0) is 55.7 Å². The minimum absolute atomic E-state index is 0.0376. The molecule has 0 bridgehead atoms. The standard InChI is InChI=1S/C23H27N7O2/c1-14(2)30-10-9-15-12-19(32-3)18(11-16(15)13-30)26-23-27-22(20(21(24)31)28-29-23)25-17-7-5-4-6-8-17/h4-8,11-12,14H,9-10,13H2,1-3H3,(H2,24,31)(H2,25,26,27,29). The topological polar surface area (TPSA) is 118 Å². The molecule has 0 unspecified atom stereocenters. The number of carbonyl (C=O) groups is 1. The molecule has 2 heterocycles. The molecule has 4 rings (SSSR count). The van der Waals surface area contributed by atoms with E-state index in [9.17, 15) is 4.79 Å². The zero-order valence-electron chi connectivity index (χ0n) is 18.4. The van der Waals surface area contributed by atoms with Gasteiger partial charge in [-0.3, -0.25) is 9.69 Å². The number of hydrogen-bond acceptors (Lipinski definition) is 8. The SMILES string of the molecule is COc1cc2c(cc1Nc1nnc(C(N)=O)c(Nc3ccccc3)n1)CN(C(C)C)CC2. The third-order valence-electron chi connectivity index (χ3n) is 5.50. The number of nitrogens with zero attached hydrogens (tertiary/aromatic N) is 4. The van der Waals surface area contributed by atoms with Crippen LogP contribution in [-0.4, -0.2) is 45.7 Å². The number of amides is 1. The van der Waals surface area contributed by atoms with E-state index in [0.717, 1.165) is 30.9 Å². The Morgan fingerprint density at radius 1 is 1.12 bits per heavy atom. The molecule has 1 aromatic heterocycles. The van der Waals surface area contributed by atoms with Gasteiger partial charge in [-0.1, -0.05) is 18.2 Å². The highest BCUT2D eigenvalue weighted by atomic mass is 16.5. The summed E-state index contributed by atoms with van der Waals surface area (Å²) in [6, 6.07) is 14.0. The van der Waals surface area contributed by atoms with Crippen LogP contribution in [0.25, 0.3) is 0 Å². The molecule has 0 fully saturated rings. The Kier molecular flexibility index (Phi) is 6.18. The van der Waals surface area contributed by atoms with Crippen LogP contribution in [0.3, 0.4) is 0 Å². The molecule has 32 heavy (non-hydrogen) atoms. The number of rotatable bonds is 7. The molecule has 1 aliphatic heterocycles. The summed E-state index contributed by atoms with van der Waals surface area (Å²) in [6.45, 7) is 6.30. The number of ether oxygens (including phenoxy) is 1. The van der Waals surface area contributed by atoms with Crippen LogP contribution in [-0.2, 0) is 13.0 Å².